The normalized spacial score (nSPS) is 19.0. The summed E-state index contributed by atoms with van der Waals surface area (Å²) < 4.78 is 5.36. The molecule has 0 saturated heterocycles. The van der Waals surface area contributed by atoms with Gasteiger partial charge in [0.25, 0.3) is 0 Å². The van der Waals surface area contributed by atoms with Gasteiger partial charge in [-0.2, -0.15) is 0 Å². The standard InChI is InChI=1S/C13H20N2O/c1-3-5-10-8-14-11-6-4-7-12(16-2)13(11)15-9-10/h4,6-7,10,14-15H,3,5,8-9H2,1-2H3. The van der Waals surface area contributed by atoms with Gasteiger partial charge < -0.3 is 15.4 Å². The molecule has 1 atom stereocenters. The smallest absolute Gasteiger partial charge is 0.144 e. The molecule has 1 heterocycles. The van der Waals surface area contributed by atoms with Gasteiger partial charge in [0.1, 0.15) is 11.4 Å². The lowest BCUT2D eigenvalue weighted by atomic mass is 10.0. The number of hydrogen-bond acceptors (Lipinski definition) is 3. The summed E-state index contributed by atoms with van der Waals surface area (Å²) in [5.74, 6) is 1.62. The summed E-state index contributed by atoms with van der Waals surface area (Å²) in [7, 11) is 1.71. The van der Waals surface area contributed by atoms with E-state index in [1.54, 1.807) is 7.11 Å². The largest absolute Gasteiger partial charge is 0.495 e. The lowest BCUT2D eigenvalue weighted by Gasteiger charge is -2.13. The summed E-state index contributed by atoms with van der Waals surface area (Å²) in [4.78, 5) is 0. The molecule has 0 fully saturated rings. The van der Waals surface area contributed by atoms with Crippen molar-refractivity contribution in [3.8, 4) is 5.75 Å². The van der Waals surface area contributed by atoms with Crippen molar-refractivity contribution in [1.29, 1.82) is 0 Å². The Labute approximate surface area is 97.2 Å². The summed E-state index contributed by atoms with van der Waals surface area (Å²) in [5.41, 5.74) is 2.25. The van der Waals surface area contributed by atoms with E-state index in [2.05, 4.69) is 23.6 Å². The predicted molar refractivity (Wildman–Crippen MR) is 68.4 cm³/mol. The van der Waals surface area contributed by atoms with Crippen molar-refractivity contribution < 1.29 is 4.74 Å². The topological polar surface area (TPSA) is 33.3 Å². The molecule has 2 N–H and O–H groups in total. The van der Waals surface area contributed by atoms with Crippen LogP contribution in [0.4, 0.5) is 11.4 Å². The van der Waals surface area contributed by atoms with Crippen LogP contribution in [0, 0.1) is 5.92 Å². The summed E-state index contributed by atoms with van der Waals surface area (Å²) in [5, 5.41) is 6.98. The van der Waals surface area contributed by atoms with E-state index in [0.717, 1.165) is 30.2 Å². The summed E-state index contributed by atoms with van der Waals surface area (Å²) in [6, 6.07) is 6.11. The van der Waals surface area contributed by atoms with Gasteiger partial charge in [0.2, 0.25) is 0 Å². The third-order valence-corrected chi connectivity index (χ3v) is 3.09. The van der Waals surface area contributed by atoms with E-state index < -0.39 is 0 Å². The van der Waals surface area contributed by atoms with Gasteiger partial charge in [-0.15, -0.1) is 0 Å². The van der Waals surface area contributed by atoms with Gasteiger partial charge in [0.15, 0.2) is 0 Å². The van der Waals surface area contributed by atoms with Gasteiger partial charge in [-0.1, -0.05) is 19.4 Å². The monoisotopic (exact) mass is 220 g/mol. The molecule has 3 heteroatoms. The zero-order valence-corrected chi connectivity index (χ0v) is 10.0. The number of hydrogen-bond donors (Lipinski definition) is 2. The fourth-order valence-corrected chi connectivity index (χ4v) is 2.22. The van der Waals surface area contributed by atoms with E-state index in [1.165, 1.54) is 12.8 Å². The third-order valence-electron chi connectivity index (χ3n) is 3.09. The molecule has 0 bridgehead atoms. The lowest BCUT2D eigenvalue weighted by molar-refractivity contribution is 0.416. The molecule has 0 amide bonds. The SMILES string of the molecule is CCCC1CNc2cccc(OC)c2NC1. The van der Waals surface area contributed by atoms with Crippen molar-refractivity contribution in [2.75, 3.05) is 30.8 Å². The van der Waals surface area contributed by atoms with E-state index >= 15 is 0 Å². The first kappa shape index (κ1) is 11.1. The fourth-order valence-electron chi connectivity index (χ4n) is 2.22. The summed E-state index contributed by atoms with van der Waals surface area (Å²) >= 11 is 0. The van der Waals surface area contributed by atoms with E-state index in [1.807, 2.05) is 12.1 Å². The van der Waals surface area contributed by atoms with Gasteiger partial charge in [-0.05, 0) is 24.5 Å². The molecule has 1 aromatic carbocycles. The van der Waals surface area contributed by atoms with Crippen LogP contribution in [-0.4, -0.2) is 20.2 Å². The highest BCUT2D eigenvalue weighted by atomic mass is 16.5. The molecule has 1 aliphatic heterocycles. The average molecular weight is 220 g/mol. The maximum absolute atomic E-state index is 5.36. The quantitative estimate of drug-likeness (QED) is 0.821. The first-order valence-electron chi connectivity index (χ1n) is 6.00. The minimum atomic E-state index is 0.696. The van der Waals surface area contributed by atoms with Crippen molar-refractivity contribution >= 4 is 11.4 Å². The Kier molecular flexibility index (Phi) is 3.54. The van der Waals surface area contributed by atoms with E-state index in [9.17, 15) is 0 Å². The highest BCUT2D eigenvalue weighted by Gasteiger charge is 2.16. The maximum Gasteiger partial charge on any atom is 0.144 e. The molecule has 3 nitrogen and oxygen atoms in total. The predicted octanol–water partition coefficient (Wildman–Crippen LogP) is 2.95. The zero-order valence-electron chi connectivity index (χ0n) is 10.0. The maximum atomic E-state index is 5.36. The molecular formula is C13H20N2O. The Balaban J connectivity index is 2.17. The molecular weight excluding hydrogens is 200 g/mol. The molecule has 0 aromatic heterocycles. The van der Waals surface area contributed by atoms with Crippen LogP contribution in [-0.2, 0) is 0 Å². The van der Waals surface area contributed by atoms with Crippen molar-refractivity contribution in [1.82, 2.24) is 0 Å². The number of fused-ring (bicyclic) bond motifs is 1. The highest BCUT2D eigenvalue weighted by molar-refractivity contribution is 5.76. The molecule has 2 rings (SSSR count). The van der Waals surface area contributed by atoms with Crippen LogP contribution < -0.4 is 15.4 Å². The van der Waals surface area contributed by atoms with Crippen LogP contribution in [0.2, 0.25) is 0 Å². The van der Waals surface area contributed by atoms with Crippen molar-refractivity contribution in [3.05, 3.63) is 18.2 Å². The second-order valence-electron chi connectivity index (χ2n) is 4.30. The number of ether oxygens (including phenoxy) is 1. The van der Waals surface area contributed by atoms with Crippen molar-refractivity contribution in [3.63, 3.8) is 0 Å². The Morgan fingerprint density at radius 3 is 2.88 bits per heavy atom. The second kappa shape index (κ2) is 5.10. The Bertz CT molecular complexity index is 352. The van der Waals surface area contributed by atoms with Gasteiger partial charge >= 0.3 is 0 Å². The molecule has 0 aliphatic carbocycles. The van der Waals surface area contributed by atoms with E-state index in [-0.39, 0.29) is 0 Å². The minimum Gasteiger partial charge on any atom is -0.495 e. The number of benzene rings is 1. The average Bonchev–Trinajstić information content (AvgIpc) is 2.52. The fraction of sp³-hybridized carbons (Fsp3) is 0.538. The summed E-state index contributed by atoms with van der Waals surface area (Å²) in [6.07, 6.45) is 2.50. The Morgan fingerprint density at radius 2 is 2.12 bits per heavy atom. The van der Waals surface area contributed by atoms with Gasteiger partial charge in [-0.25, -0.2) is 0 Å². The van der Waals surface area contributed by atoms with E-state index in [0.29, 0.717) is 5.92 Å². The van der Waals surface area contributed by atoms with Crippen LogP contribution >= 0.6 is 0 Å². The van der Waals surface area contributed by atoms with Crippen molar-refractivity contribution in [2.45, 2.75) is 19.8 Å². The first-order valence-corrected chi connectivity index (χ1v) is 6.00. The minimum absolute atomic E-state index is 0.696. The van der Waals surface area contributed by atoms with Crippen LogP contribution in [0.15, 0.2) is 18.2 Å². The Hall–Kier alpha value is -1.38. The third kappa shape index (κ3) is 2.23. The summed E-state index contributed by atoms with van der Waals surface area (Å²) in [6.45, 7) is 4.30. The van der Waals surface area contributed by atoms with Crippen LogP contribution in [0.5, 0.6) is 5.75 Å². The van der Waals surface area contributed by atoms with Crippen LogP contribution in [0.25, 0.3) is 0 Å². The molecule has 16 heavy (non-hydrogen) atoms. The second-order valence-corrected chi connectivity index (χ2v) is 4.30. The van der Waals surface area contributed by atoms with Gasteiger partial charge in [0.05, 0.1) is 12.8 Å². The molecule has 0 saturated carbocycles. The first-order chi connectivity index (χ1) is 7.85. The molecule has 1 aromatic rings. The highest BCUT2D eigenvalue weighted by Crippen LogP contribution is 2.34. The number of anilines is 2. The molecule has 0 radical (unpaired) electrons. The number of nitrogens with one attached hydrogen (secondary N) is 2. The molecule has 88 valence electrons. The Morgan fingerprint density at radius 1 is 1.31 bits per heavy atom. The molecule has 1 unspecified atom stereocenters. The van der Waals surface area contributed by atoms with Gasteiger partial charge in [-0.3, -0.25) is 0 Å². The van der Waals surface area contributed by atoms with Gasteiger partial charge in [0, 0.05) is 13.1 Å². The van der Waals surface area contributed by atoms with Crippen LogP contribution in [0.3, 0.4) is 0 Å². The number of rotatable bonds is 3. The lowest BCUT2D eigenvalue weighted by Crippen LogP contribution is -2.18. The number of methoxy groups -OCH3 is 1. The van der Waals surface area contributed by atoms with Crippen molar-refractivity contribution in [2.24, 2.45) is 5.92 Å². The van der Waals surface area contributed by atoms with Crippen LogP contribution in [0.1, 0.15) is 19.8 Å². The molecule has 0 spiro atoms. The zero-order chi connectivity index (χ0) is 11.4. The van der Waals surface area contributed by atoms with E-state index in [4.69, 9.17) is 4.74 Å². The molecule has 1 aliphatic rings. The number of para-hydroxylation sites is 1.